The van der Waals surface area contributed by atoms with Gasteiger partial charge in [0.25, 0.3) is 5.91 Å². The van der Waals surface area contributed by atoms with Crippen LogP contribution in [0.3, 0.4) is 0 Å². The molecule has 8 rings (SSSR count). The SMILES string of the molecule is CC(C)(C)OC(=O)N(CCCCNC(=O)c1cccc(C(O)(C(=O)O[C@H]2CN3CCC2CC3)c2ccccc2)c1)C[C@H](O[Si](C)(C)C(C)(C)C)c1ccc(OCc2ccccc2)c2[nH]c(=O)ccc12. The largest absolute Gasteiger partial charge is 0.487 e. The number of esters is 1. The number of carbonyl (C=O) groups is 3. The molecule has 3 N–H and O–H groups in total. The van der Waals surface area contributed by atoms with Crippen molar-refractivity contribution in [2.45, 2.75) is 115 Å². The molecule has 14 heteroatoms. The van der Waals surface area contributed by atoms with E-state index in [1.807, 2.05) is 69.3 Å². The lowest BCUT2D eigenvalue weighted by Gasteiger charge is -2.44. The maximum Gasteiger partial charge on any atom is 0.410 e. The summed E-state index contributed by atoms with van der Waals surface area (Å²) in [4.78, 5) is 61.7. The zero-order chi connectivity index (χ0) is 49.6. The second kappa shape index (κ2) is 21.5. The minimum absolute atomic E-state index is 0.158. The van der Waals surface area contributed by atoms with Gasteiger partial charge in [0.05, 0.1) is 18.2 Å². The third kappa shape index (κ3) is 12.5. The number of amides is 2. The summed E-state index contributed by atoms with van der Waals surface area (Å²) in [5, 5.41) is 15.9. The van der Waals surface area contributed by atoms with Crippen molar-refractivity contribution in [3.05, 3.63) is 147 Å². The summed E-state index contributed by atoms with van der Waals surface area (Å²) >= 11 is 0. The Bertz CT molecular complexity index is 2620. The summed E-state index contributed by atoms with van der Waals surface area (Å²) in [6.07, 6.45) is 1.53. The Morgan fingerprint density at radius 3 is 2.19 bits per heavy atom. The van der Waals surface area contributed by atoms with Crippen molar-refractivity contribution < 1.29 is 38.1 Å². The fourth-order valence-corrected chi connectivity index (χ4v) is 10.1. The molecule has 0 spiro atoms. The fourth-order valence-electron chi connectivity index (χ4n) is 8.87. The number of fused-ring (bicyclic) bond motifs is 4. The highest BCUT2D eigenvalue weighted by molar-refractivity contribution is 6.74. The van der Waals surface area contributed by atoms with Gasteiger partial charge in [0.1, 0.15) is 24.1 Å². The number of H-pyrrole nitrogens is 1. The molecule has 3 atom stereocenters. The van der Waals surface area contributed by atoms with Gasteiger partial charge in [0.2, 0.25) is 11.2 Å². The molecule has 0 radical (unpaired) electrons. The number of ether oxygens (including phenoxy) is 3. The van der Waals surface area contributed by atoms with E-state index in [4.69, 9.17) is 18.6 Å². The highest BCUT2D eigenvalue weighted by atomic mass is 28.4. The zero-order valence-corrected chi connectivity index (χ0v) is 42.5. The highest BCUT2D eigenvalue weighted by Crippen LogP contribution is 2.42. The minimum atomic E-state index is -2.49. The van der Waals surface area contributed by atoms with Crippen LogP contribution in [-0.2, 0) is 30.9 Å². The number of nitrogens with zero attached hydrogens (tertiary/aromatic N) is 2. The van der Waals surface area contributed by atoms with Crippen LogP contribution in [0, 0.1) is 5.92 Å². The Labute approximate surface area is 407 Å². The fraction of sp³-hybridized carbons (Fsp3) is 0.455. The van der Waals surface area contributed by atoms with Gasteiger partial charge in [-0.3, -0.25) is 14.5 Å². The van der Waals surface area contributed by atoms with Crippen molar-refractivity contribution in [2.75, 3.05) is 39.3 Å². The second-order valence-electron chi connectivity index (χ2n) is 21.0. The van der Waals surface area contributed by atoms with Gasteiger partial charge in [-0.15, -0.1) is 0 Å². The van der Waals surface area contributed by atoms with Crippen molar-refractivity contribution in [1.82, 2.24) is 20.1 Å². The Kier molecular flexibility index (Phi) is 15.9. The maximum absolute atomic E-state index is 14.1. The van der Waals surface area contributed by atoms with Crippen molar-refractivity contribution in [3.8, 4) is 5.75 Å². The summed E-state index contributed by atoms with van der Waals surface area (Å²) < 4.78 is 25.5. The molecule has 4 aromatic carbocycles. The number of hydrogen-bond acceptors (Lipinski definition) is 10. The molecule has 0 aliphatic carbocycles. The quantitative estimate of drug-likeness (QED) is 0.0439. The van der Waals surface area contributed by atoms with Crippen LogP contribution in [0.4, 0.5) is 4.79 Å². The molecule has 69 heavy (non-hydrogen) atoms. The minimum Gasteiger partial charge on any atom is -0.487 e. The molecule has 4 heterocycles. The first-order valence-electron chi connectivity index (χ1n) is 24.3. The average molecular weight is 959 g/mol. The predicted molar refractivity (Wildman–Crippen MR) is 271 cm³/mol. The molecular weight excluding hydrogens is 889 g/mol. The van der Waals surface area contributed by atoms with E-state index in [9.17, 15) is 24.3 Å². The van der Waals surface area contributed by atoms with Gasteiger partial charge >= 0.3 is 12.1 Å². The summed E-state index contributed by atoms with van der Waals surface area (Å²) in [5.41, 5.74) is 0.0255. The number of nitrogens with one attached hydrogen (secondary N) is 2. The number of rotatable bonds is 18. The van der Waals surface area contributed by atoms with Crippen LogP contribution in [-0.4, -0.2) is 97.2 Å². The molecule has 2 bridgehead atoms. The Morgan fingerprint density at radius 2 is 1.54 bits per heavy atom. The molecular formula is C55H70N4O9Si. The summed E-state index contributed by atoms with van der Waals surface area (Å²) in [5.74, 6) is -0.357. The Balaban J connectivity index is 1.07. The highest BCUT2D eigenvalue weighted by Gasteiger charge is 2.46. The first-order chi connectivity index (χ1) is 32.7. The topological polar surface area (TPSA) is 160 Å². The van der Waals surface area contributed by atoms with Crippen LogP contribution in [0.15, 0.2) is 114 Å². The number of benzene rings is 4. The molecule has 3 aliphatic rings. The molecule has 1 unspecified atom stereocenters. The van der Waals surface area contributed by atoms with Crippen molar-refractivity contribution >= 4 is 37.2 Å². The number of aromatic nitrogens is 1. The molecule has 3 fully saturated rings. The first-order valence-corrected chi connectivity index (χ1v) is 27.2. The van der Waals surface area contributed by atoms with Crippen LogP contribution in [0.1, 0.15) is 106 Å². The van der Waals surface area contributed by atoms with Gasteiger partial charge < -0.3 is 38.9 Å². The lowest BCUT2D eigenvalue weighted by Crippen LogP contribution is -2.53. The van der Waals surface area contributed by atoms with E-state index in [2.05, 4.69) is 49.1 Å². The van der Waals surface area contributed by atoms with E-state index in [0.717, 1.165) is 42.4 Å². The molecule has 0 saturated carbocycles. The van der Waals surface area contributed by atoms with Gasteiger partial charge in [-0.25, -0.2) is 9.59 Å². The number of hydrogen-bond donors (Lipinski definition) is 3. The molecule has 2 amide bonds. The van der Waals surface area contributed by atoms with E-state index in [1.54, 1.807) is 59.5 Å². The molecule has 3 saturated heterocycles. The number of aliphatic hydroxyl groups is 1. The summed E-state index contributed by atoms with van der Waals surface area (Å²) in [7, 11) is -2.49. The maximum atomic E-state index is 14.1. The molecule has 13 nitrogen and oxygen atoms in total. The monoisotopic (exact) mass is 958 g/mol. The van der Waals surface area contributed by atoms with Crippen LogP contribution in [0.25, 0.3) is 10.9 Å². The van der Waals surface area contributed by atoms with Crippen LogP contribution < -0.4 is 15.6 Å². The van der Waals surface area contributed by atoms with Gasteiger partial charge in [0.15, 0.2) is 8.32 Å². The summed E-state index contributed by atoms with van der Waals surface area (Å²) in [6, 6.07) is 32.1. The van der Waals surface area contributed by atoms with Gasteiger partial charge in [-0.05, 0) is 125 Å². The third-order valence-electron chi connectivity index (χ3n) is 13.8. The van der Waals surface area contributed by atoms with Crippen LogP contribution in [0.5, 0.6) is 5.75 Å². The Morgan fingerprint density at radius 1 is 0.855 bits per heavy atom. The lowest BCUT2D eigenvalue weighted by molar-refractivity contribution is -0.177. The average Bonchev–Trinajstić information content (AvgIpc) is 3.32. The van der Waals surface area contributed by atoms with E-state index in [0.29, 0.717) is 55.9 Å². The number of piperidine rings is 3. The molecule has 368 valence electrons. The van der Waals surface area contributed by atoms with Crippen LogP contribution in [0.2, 0.25) is 18.1 Å². The number of carbonyl (C=O) groups excluding carboxylic acids is 3. The number of unbranched alkanes of at least 4 members (excludes halogenated alkanes) is 1. The van der Waals surface area contributed by atoms with Crippen molar-refractivity contribution in [1.29, 1.82) is 0 Å². The Hall–Kier alpha value is -5.80. The zero-order valence-electron chi connectivity index (χ0n) is 41.5. The van der Waals surface area contributed by atoms with E-state index in [-0.39, 0.29) is 46.2 Å². The number of aromatic amines is 1. The van der Waals surface area contributed by atoms with Crippen molar-refractivity contribution in [2.24, 2.45) is 5.92 Å². The van der Waals surface area contributed by atoms with E-state index < -0.39 is 37.7 Å². The molecule has 1 aromatic heterocycles. The second-order valence-corrected chi connectivity index (χ2v) is 25.8. The molecule has 5 aromatic rings. The predicted octanol–water partition coefficient (Wildman–Crippen LogP) is 9.49. The summed E-state index contributed by atoms with van der Waals surface area (Å²) in [6.45, 7) is 20.0. The van der Waals surface area contributed by atoms with E-state index >= 15 is 0 Å². The first kappa shape index (κ1) is 51.1. The van der Waals surface area contributed by atoms with Crippen LogP contribution >= 0.6 is 0 Å². The van der Waals surface area contributed by atoms with E-state index in [1.165, 1.54) is 6.07 Å². The smallest absolute Gasteiger partial charge is 0.410 e. The lowest BCUT2D eigenvalue weighted by atomic mass is 9.84. The normalized spacial score (nSPS) is 18.5. The van der Waals surface area contributed by atoms with Crippen molar-refractivity contribution in [3.63, 3.8) is 0 Å². The van der Waals surface area contributed by atoms with Gasteiger partial charge in [-0.1, -0.05) is 99.6 Å². The van der Waals surface area contributed by atoms with Gasteiger partial charge in [0, 0.05) is 42.2 Å². The molecule has 3 aliphatic heterocycles. The standard InChI is InChI=1S/C55H70N4O9Si/c1-53(2,3)67-52(63)59(36-47(68-69(7,8)54(4,5)6)43-24-26-45(49-44(43)25-27-48(60)57-49)65-37-38-18-11-9-12-19-38)31-16-15-30-56-50(61)40-20-17-23-42(34-40)55(64,41-21-13-10-14-22-41)51(62)66-46-35-58-32-28-39(46)29-33-58/h9-14,17-27,34,39,46-47,64H,15-16,28-33,35-37H2,1-8H3,(H,56,61)(H,57,60)/t46-,47-,55?/m0/s1. The van der Waals surface area contributed by atoms with Gasteiger partial charge in [-0.2, -0.15) is 0 Å². The number of pyridine rings is 1. The third-order valence-corrected chi connectivity index (χ3v) is 18.3.